The molecule has 33 heavy (non-hydrogen) atoms. The maximum atomic E-state index is 13.0. The fourth-order valence-corrected chi connectivity index (χ4v) is 4.06. The van der Waals surface area contributed by atoms with Gasteiger partial charge in [-0.15, -0.1) is 10.2 Å². The zero-order chi connectivity index (χ0) is 24.6. The zero-order valence-electron chi connectivity index (χ0n) is 19.0. The van der Waals surface area contributed by atoms with Gasteiger partial charge in [0, 0.05) is 23.1 Å². The first-order valence-corrected chi connectivity index (χ1v) is 11.3. The smallest absolute Gasteiger partial charge is 0.281 e. The van der Waals surface area contributed by atoms with Crippen LogP contribution in [0.5, 0.6) is 5.88 Å². The molecule has 2 aromatic rings. The van der Waals surface area contributed by atoms with Crippen LogP contribution in [-0.4, -0.2) is 32.9 Å². The van der Waals surface area contributed by atoms with E-state index in [9.17, 15) is 24.8 Å². The van der Waals surface area contributed by atoms with Gasteiger partial charge >= 0.3 is 0 Å². The molecule has 1 aromatic heterocycles. The molecule has 0 unspecified atom stereocenters. The third-order valence-electron chi connectivity index (χ3n) is 5.18. The van der Waals surface area contributed by atoms with Gasteiger partial charge in [-0.05, 0) is 46.8 Å². The van der Waals surface area contributed by atoms with Crippen LogP contribution >= 0.6 is 15.9 Å². The van der Waals surface area contributed by atoms with Crippen molar-refractivity contribution in [3.63, 3.8) is 0 Å². The fourth-order valence-electron chi connectivity index (χ4n) is 3.65. The van der Waals surface area contributed by atoms with E-state index < -0.39 is 23.3 Å². The van der Waals surface area contributed by atoms with Crippen LogP contribution in [0.4, 0.5) is 11.4 Å². The summed E-state index contributed by atoms with van der Waals surface area (Å²) in [5, 5.41) is 28.2. The molecule has 2 heterocycles. The van der Waals surface area contributed by atoms with Crippen molar-refractivity contribution >= 4 is 39.1 Å². The highest BCUT2D eigenvalue weighted by molar-refractivity contribution is 9.10. The van der Waals surface area contributed by atoms with Gasteiger partial charge in [0.05, 0.1) is 11.1 Å². The van der Waals surface area contributed by atoms with Gasteiger partial charge in [-0.3, -0.25) is 23.9 Å². The van der Waals surface area contributed by atoms with E-state index in [-0.39, 0.29) is 58.6 Å². The summed E-state index contributed by atoms with van der Waals surface area (Å²) in [7, 11) is 0. The van der Waals surface area contributed by atoms with Gasteiger partial charge in [-0.2, -0.15) is 5.26 Å². The van der Waals surface area contributed by atoms with Crippen LogP contribution in [0, 0.1) is 30.1 Å². The van der Waals surface area contributed by atoms with E-state index in [1.807, 2.05) is 33.8 Å². The zero-order valence-corrected chi connectivity index (χ0v) is 20.6. The number of rotatable bonds is 6. The van der Waals surface area contributed by atoms with Crippen molar-refractivity contribution in [2.75, 3.05) is 6.54 Å². The number of halogens is 1. The quantitative estimate of drug-likeness (QED) is 0.437. The summed E-state index contributed by atoms with van der Waals surface area (Å²) in [5.74, 6) is -1.19. The third kappa shape index (κ3) is 4.33. The van der Waals surface area contributed by atoms with E-state index >= 15 is 0 Å². The number of nitriles is 1. The fraction of sp³-hybridized carbons (Fsp3) is 0.391. The normalized spacial score (nSPS) is 13.5. The number of amides is 2. The number of aromatic hydroxyl groups is 1. The molecule has 1 N–H and O–H groups in total. The van der Waals surface area contributed by atoms with Crippen molar-refractivity contribution < 1.29 is 14.7 Å². The molecule has 0 spiro atoms. The maximum absolute atomic E-state index is 13.0. The first-order chi connectivity index (χ1) is 15.5. The van der Waals surface area contributed by atoms with Crippen LogP contribution in [0.25, 0.3) is 0 Å². The number of carbonyl (C=O) groups is 2. The molecule has 1 aliphatic rings. The number of carbonyl (C=O) groups excluding carboxylic acids is 2. The number of pyridine rings is 1. The predicted molar refractivity (Wildman–Crippen MR) is 125 cm³/mol. The van der Waals surface area contributed by atoms with Crippen molar-refractivity contribution in [2.45, 2.75) is 41.2 Å². The van der Waals surface area contributed by atoms with Crippen LogP contribution in [0.1, 0.15) is 59.5 Å². The molecule has 0 fully saturated rings. The lowest BCUT2D eigenvalue weighted by molar-refractivity contribution is 0.0636. The van der Waals surface area contributed by atoms with Gasteiger partial charge in [0.1, 0.15) is 17.3 Å². The average molecular weight is 514 g/mol. The van der Waals surface area contributed by atoms with Crippen LogP contribution in [0.15, 0.2) is 31.6 Å². The summed E-state index contributed by atoms with van der Waals surface area (Å²) >= 11 is 3.35. The molecule has 9 nitrogen and oxygen atoms in total. The van der Waals surface area contributed by atoms with Gasteiger partial charge in [0.15, 0.2) is 5.69 Å². The Balaban J connectivity index is 2.18. The molecule has 1 aromatic carbocycles. The molecule has 10 heteroatoms. The van der Waals surface area contributed by atoms with Crippen LogP contribution in [0.2, 0.25) is 0 Å². The molecule has 0 bridgehead atoms. The topological polar surface area (TPSA) is 128 Å². The molecule has 2 amide bonds. The maximum Gasteiger partial charge on any atom is 0.281 e. The van der Waals surface area contributed by atoms with Crippen molar-refractivity contribution in [3.8, 4) is 11.9 Å². The molecule has 0 saturated heterocycles. The Labute approximate surface area is 199 Å². The molecule has 0 saturated carbocycles. The molecule has 1 aliphatic heterocycles. The summed E-state index contributed by atoms with van der Waals surface area (Å²) in [4.78, 5) is 40.0. The van der Waals surface area contributed by atoms with E-state index in [4.69, 9.17) is 0 Å². The summed E-state index contributed by atoms with van der Waals surface area (Å²) < 4.78 is 1.52. The van der Waals surface area contributed by atoms with Crippen LogP contribution < -0.4 is 5.56 Å². The second kappa shape index (κ2) is 9.27. The van der Waals surface area contributed by atoms with Crippen molar-refractivity contribution in [2.24, 2.45) is 22.1 Å². The number of benzene rings is 1. The van der Waals surface area contributed by atoms with Gasteiger partial charge in [-0.1, -0.05) is 27.7 Å². The van der Waals surface area contributed by atoms with Gasteiger partial charge in [0.25, 0.3) is 17.4 Å². The predicted octanol–water partition coefficient (Wildman–Crippen LogP) is 4.82. The second-order valence-corrected chi connectivity index (χ2v) is 9.58. The number of imide groups is 1. The molecule has 3 rings (SSSR count). The lowest BCUT2D eigenvalue weighted by atomic mass is 10.1. The number of hydrogen-bond acceptors (Lipinski definition) is 7. The average Bonchev–Trinajstić information content (AvgIpc) is 2.97. The van der Waals surface area contributed by atoms with Crippen molar-refractivity contribution in [1.29, 1.82) is 5.26 Å². The third-order valence-corrected chi connectivity index (χ3v) is 5.82. The summed E-state index contributed by atoms with van der Waals surface area (Å²) in [6, 6.07) is 5.05. The van der Waals surface area contributed by atoms with Crippen molar-refractivity contribution in [3.05, 3.63) is 49.2 Å². The number of fused-ring (bicyclic) bond motifs is 1. The van der Waals surface area contributed by atoms with Crippen LogP contribution in [0.3, 0.4) is 0 Å². The summed E-state index contributed by atoms with van der Waals surface area (Å²) in [6.45, 7) is 9.50. The van der Waals surface area contributed by atoms with Gasteiger partial charge in [-0.25, -0.2) is 0 Å². The Bertz CT molecular complexity index is 1290. The highest BCUT2D eigenvalue weighted by Crippen LogP contribution is 2.38. The molecular weight excluding hydrogens is 490 g/mol. The van der Waals surface area contributed by atoms with E-state index in [2.05, 4.69) is 26.2 Å². The number of nitrogens with zero attached hydrogens (tertiary/aromatic N) is 5. The molecule has 0 aliphatic carbocycles. The van der Waals surface area contributed by atoms with E-state index in [1.165, 1.54) is 11.8 Å². The van der Waals surface area contributed by atoms with E-state index in [0.717, 1.165) is 4.57 Å². The molecule has 0 atom stereocenters. The monoisotopic (exact) mass is 513 g/mol. The van der Waals surface area contributed by atoms with E-state index in [0.29, 0.717) is 4.47 Å². The molecular formula is C23H24BrN5O4. The Morgan fingerprint density at radius 2 is 1.64 bits per heavy atom. The SMILES string of the molecule is Cc1c(C#N)c(O)n(CC(C)C)c(=O)c1N=Nc1c(Br)ccc2c1C(=O)N(CC(C)C)C2=O. The first-order valence-electron chi connectivity index (χ1n) is 10.5. The van der Waals surface area contributed by atoms with Gasteiger partial charge < -0.3 is 5.11 Å². The minimum absolute atomic E-state index is 0.0229. The summed E-state index contributed by atoms with van der Waals surface area (Å²) in [5.41, 5.74) is -0.169. The minimum Gasteiger partial charge on any atom is -0.493 e. The number of aromatic nitrogens is 1. The van der Waals surface area contributed by atoms with Gasteiger partial charge in [0.2, 0.25) is 5.88 Å². The van der Waals surface area contributed by atoms with Crippen molar-refractivity contribution in [1.82, 2.24) is 9.47 Å². The molecule has 172 valence electrons. The lowest BCUT2D eigenvalue weighted by Gasteiger charge is -2.16. The second-order valence-electron chi connectivity index (χ2n) is 8.73. The minimum atomic E-state index is -0.603. The van der Waals surface area contributed by atoms with Crippen LogP contribution in [-0.2, 0) is 6.54 Å². The Morgan fingerprint density at radius 1 is 1.03 bits per heavy atom. The highest BCUT2D eigenvalue weighted by atomic mass is 79.9. The first kappa shape index (κ1) is 24.3. The largest absolute Gasteiger partial charge is 0.493 e. The molecule has 0 radical (unpaired) electrons. The lowest BCUT2D eigenvalue weighted by Crippen LogP contribution is -2.33. The van der Waals surface area contributed by atoms with E-state index in [1.54, 1.807) is 12.1 Å². The Morgan fingerprint density at radius 3 is 2.21 bits per heavy atom. The number of azo groups is 1. The highest BCUT2D eigenvalue weighted by Gasteiger charge is 2.38. The standard InChI is InChI=1S/C23H24BrN5O4/c1-11(2)9-28-20(30)14-6-7-16(24)19(17(14)22(28)32)27-26-18-13(5)15(8-25)21(31)29(23(18)33)10-12(3)4/h6-7,11-12,31H,9-10H2,1-5H3. The Kier molecular flexibility index (Phi) is 6.84. The Hall–Kier alpha value is -3.32. The number of hydrogen-bond donors (Lipinski definition) is 1. The summed E-state index contributed by atoms with van der Waals surface area (Å²) in [6.07, 6.45) is 0.